The van der Waals surface area contributed by atoms with Crippen LogP contribution in [0.15, 0.2) is 48.5 Å². The van der Waals surface area contributed by atoms with Gasteiger partial charge in [-0.2, -0.15) is 0 Å². The summed E-state index contributed by atoms with van der Waals surface area (Å²) in [5, 5.41) is 4.11. The van der Waals surface area contributed by atoms with Gasteiger partial charge < -0.3 is 18.9 Å². The maximum absolute atomic E-state index is 11.5. The maximum Gasteiger partial charge on any atom is 0.305 e. The molecular formula is C30H38O6. The normalized spacial score (nSPS) is 10.9. The third-order valence-electron chi connectivity index (χ3n) is 5.99. The molecular weight excluding hydrogens is 456 g/mol. The highest BCUT2D eigenvalue weighted by atomic mass is 16.5. The molecule has 0 aromatic heterocycles. The average molecular weight is 495 g/mol. The Labute approximate surface area is 213 Å². The average Bonchev–Trinajstić information content (AvgIpc) is 2.89. The molecule has 6 heteroatoms. The molecule has 194 valence electrons. The van der Waals surface area contributed by atoms with Crippen LogP contribution in [-0.4, -0.2) is 38.4 Å². The number of fused-ring (bicyclic) bond motifs is 2. The summed E-state index contributed by atoms with van der Waals surface area (Å²) in [6.07, 6.45) is 6.06. The number of ether oxygens (including phenoxy) is 4. The van der Waals surface area contributed by atoms with Crippen LogP contribution in [0.25, 0.3) is 21.5 Å². The van der Waals surface area contributed by atoms with Gasteiger partial charge in [0.25, 0.3) is 0 Å². The van der Waals surface area contributed by atoms with Crippen LogP contribution in [0.2, 0.25) is 0 Å². The standard InChI is InChI=1S/C30H38O6/c1-3-33-27(31)19-7-5-13-21-35-29-23-15-9-11-17-25(23)30(26-18-12-10-16-24(26)29)36-22-14-6-8-20-28(32)34-4-2/h9-12,15-18H,3-8,13-14,19-22H2,1-2H3. The van der Waals surface area contributed by atoms with E-state index in [1.54, 1.807) is 0 Å². The van der Waals surface area contributed by atoms with E-state index in [1.165, 1.54) is 0 Å². The molecule has 0 aliphatic rings. The Morgan fingerprint density at radius 2 is 0.917 bits per heavy atom. The summed E-state index contributed by atoms with van der Waals surface area (Å²) >= 11 is 0. The van der Waals surface area contributed by atoms with Gasteiger partial charge >= 0.3 is 11.9 Å². The third kappa shape index (κ3) is 7.87. The number of hydrogen-bond acceptors (Lipinski definition) is 6. The minimum atomic E-state index is -0.134. The second kappa shape index (κ2) is 15.0. The molecule has 0 N–H and O–H groups in total. The summed E-state index contributed by atoms with van der Waals surface area (Å²) in [6.45, 7) is 5.67. The van der Waals surface area contributed by atoms with Crippen molar-refractivity contribution >= 4 is 33.5 Å². The molecule has 0 saturated carbocycles. The van der Waals surface area contributed by atoms with Gasteiger partial charge in [0, 0.05) is 34.4 Å². The number of esters is 2. The lowest BCUT2D eigenvalue weighted by atomic mass is 10.0. The fraction of sp³-hybridized carbons (Fsp3) is 0.467. The molecule has 0 heterocycles. The lowest BCUT2D eigenvalue weighted by Gasteiger charge is -2.18. The van der Waals surface area contributed by atoms with E-state index in [-0.39, 0.29) is 11.9 Å². The molecule has 6 nitrogen and oxygen atoms in total. The molecule has 0 spiro atoms. The Bertz CT molecular complexity index is 978. The largest absolute Gasteiger partial charge is 0.492 e. The number of carbonyl (C=O) groups excluding carboxylic acids is 2. The summed E-state index contributed by atoms with van der Waals surface area (Å²) in [6, 6.07) is 16.4. The molecule has 36 heavy (non-hydrogen) atoms. The van der Waals surface area contributed by atoms with Gasteiger partial charge in [0.15, 0.2) is 0 Å². The zero-order chi connectivity index (χ0) is 25.6. The Balaban J connectivity index is 1.65. The molecule has 0 atom stereocenters. The summed E-state index contributed by atoms with van der Waals surface area (Å²) in [7, 11) is 0. The van der Waals surface area contributed by atoms with Crippen LogP contribution < -0.4 is 9.47 Å². The van der Waals surface area contributed by atoms with Gasteiger partial charge in [0.2, 0.25) is 0 Å². The Hall–Kier alpha value is -3.28. The van der Waals surface area contributed by atoms with Gasteiger partial charge in [-0.15, -0.1) is 0 Å². The summed E-state index contributed by atoms with van der Waals surface area (Å²) in [5.41, 5.74) is 0. The Morgan fingerprint density at radius 1 is 0.556 bits per heavy atom. The van der Waals surface area contributed by atoms with Gasteiger partial charge in [0.05, 0.1) is 26.4 Å². The van der Waals surface area contributed by atoms with E-state index >= 15 is 0 Å². The first-order valence-corrected chi connectivity index (χ1v) is 13.2. The predicted molar refractivity (Wildman–Crippen MR) is 143 cm³/mol. The zero-order valence-corrected chi connectivity index (χ0v) is 21.6. The first kappa shape index (κ1) is 27.3. The molecule has 3 rings (SSSR count). The van der Waals surface area contributed by atoms with Crippen molar-refractivity contribution in [3.05, 3.63) is 48.5 Å². The molecule has 0 aliphatic carbocycles. The lowest BCUT2D eigenvalue weighted by molar-refractivity contribution is -0.144. The van der Waals surface area contributed by atoms with E-state index in [0.29, 0.717) is 39.3 Å². The van der Waals surface area contributed by atoms with Crippen molar-refractivity contribution in [1.82, 2.24) is 0 Å². The molecule has 0 fully saturated rings. The van der Waals surface area contributed by atoms with Crippen molar-refractivity contribution in [2.24, 2.45) is 0 Å². The van der Waals surface area contributed by atoms with E-state index in [4.69, 9.17) is 18.9 Å². The van der Waals surface area contributed by atoms with Gasteiger partial charge in [-0.05, 0) is 52.4 Å². The second-order valence-corrected chi connectivity index (χ2v) is 8.68. The van der Waals surface area contributed by atoms with Crippen LogP contribution in [0.5, 0.6) is 11.5 Å². The fourth-order valence-electron chi connectivity index (χ4n) is 4.27. The summed E-state index contributed by atoms with van der Waals surface area (Å²) in [4.78, 5) is 23.0. The first-order valence-electron chi connectivity index (χ1n) is 13.2. The van der Waals surface area contributed by atoms with Crippen LogP contribution in [-0.2, 0) is 19.1 Å². The highest BCUT2D eigenvalue weighted by molar-refractivity contribution is 6.11. The molecule has 0 radical (unpaired) electrons. The minimum absolute atomic E-state index is 0.134. The van der Waals surface area contributed by atoms with E-state index in [2.05, 4.69) is 24.3 Å². The van der Waals surface area contributed by atoms with Crippen molar-refractivity contribution in [3.63, 3.8) is 0 Å². The van der Waals surface area contributed by atoms with Gasteiger partial charge in [-0.25, -0.2) is 0 Å². The molecule has 3 aromatic carbocycles. The molecule has 0 unspecified atom stereocenters. The molecule has 0 bridgehead atoms. The highest BCUT2D eigenvalue weighted by Crippen LogP contribution is 2.42. The van der Waals surface area contributed by atoms with E-state index in [9.17, 15) is 9.59 Å². The van der Waals surface area contributed by atoms with E-state index < -0.39 is 0 Å². The summed E-state index contributed by atoms with van der Waals surface area (Å²) < 4.78 is 22.6. The first-order chi connectivity index (χ1) is 17.7. The monoisotopic (exact) mass is 494 g/mol. The zero-order valence-electron chi connectivity index (χ0n) is 21.6. The molecule has 0 amide bonds. The smallest absolute Gasteiger partial charge is 0.305 e. The van der Waals surface area contributed by atoms with E-state index in [0.717, 1.165) is 71.6 Å². The predicted octanol–water partition coefficient (Wildman–Crippen LogP) is 7.00. The Kier molecular flexibility index (Phi) is 11.4. The molecule has 0 saturated heterocycles. The number of rotatable bonds is 16. The highest BCUT2D eigenvalue weighted by Gasteiger charge is 2.16. The van der Waals surface area contributed by atoms with Crippen LogP contribution >= 0.6 is 0 Å². The fourth-order valence-corrected chi connectivity index (χ4v) is 4.27. The van der Waals surface area contributed by atoms with Crippen molar-refractivity contribution < 1.29 is 28.5 Å². The molecule has 0 aliphatic heterocycles. The molecule has 3 aromatic rings. The number of benzene rings is 3. The quantitative estimate of drug-likeness (QED) is 0.121. The SMILES string of the molecule is CCOC(=O)CCCCCOc1c2ccccc2c(OCCCCCC(=O)OCC)c2ccccc12. The van der Waals surface area contributed by atoms with Gasteiger partial charge in [0.1, 0.15) is 11.5 Å². The van der Waals surface area contributed by atoms with Gasteiger partial charge in [-0.1, -0.05) is 48.5 Å². The van der Waals surface area contributed by atoms with Crippen LogP contribution in [0.3, 0.4) is 0 Å². The van der Waals surface area contributed by atoms with Crippen molar-refractivity contribution in [2.45, 2.75) is 65.2 Å². The van der Waals surface area contributed by atoms with Crippen LogP contribution in [0.1, 0.15) is 65.2 Å². The minimum Gasteiger partial charge on any atom is -0.492 e. The van der Waals surface area contributed by atoms with E-state index in [1.807, 2.05) is 38.1 Å². The van der Waals surface area contributed by atoms with Crippen LogP contribution in [0, 0.1) is 0 Å². The number of hydrogen-bond donors (Lipinski definition) is 0. The maximum atomic E-state index is 11.5. The van der Waals surface area contributed by atoms with Gasteiger partial charge in [-0.3, -0.25) is 9.59 Å². The van der Waals surface area contributed by atoms with Crippen LogP contribution in [0.4, 0.5) is 0 Å². The number of carbonyl (C=O) groups is 2. The second-order valence-electron chi connectivity index (χ2n) is 8.68. The van der Waals surface area contributed by atoms with Crippen molar-refractivity contribution in [1.29, 1.82) is 0 Å². The van der Waals surface area contributed by atoms with Crippen molar-refractivity contribution in [3.8, 4) is 11.5 Å². The lowest BCUT2D eigenvalue weighted by Crippen LogP contribution is -2.05. The number of unbranched alkanes of at least 4 members (excludes halogenated alkanes) is 4. The van der Waals surface area contributed by atoms with Crippen molar-refractivity contribution in [2.75, 3.05) is 26.4 Å². The topological polar surface area (TPSA) is 71.1 Å². The summed E-state index contributed by atoms with van der Waals surface area (Å²) in [5.74, 6) is 1.47. The third-order valence-corrected chi connectivity index (χ3v) is 5.99. The Morgan fingerprint density at radius 3 is 1.25 bits per heavy atom.